The summed E-state index contributed by atoms with van der Waals surface area (Å²) >= 11 is 0. The van der Waals surface area contributed by atoms with E-state index < -0.39 is 162 Å². The van der Waals surface area contributed by atoms with E-state index in [1.807, 2.05) is 83.1 Å². The van der Waals surface area contributed by atoms with E-state index in [9.17, 15) is 38.7 Å². The first-order valence-electron chi connectivity index (χ1n) is 36.8. The zero-order valence-electron chi connectivity index (χ0n) is 66.3. The molecule has 0 radical (unpaired) electrons. The Balaban J connectivity index is 2.47. The number of ether oxygens (including phenoxy) is 1. The van der Waals surface area contributed by atoms with Gasteiger partial charge in [0.05, 0.1) is 31.7 Å². The third kappa shape index (κ3) is 25.4. The Morgan fingerprint density at radius 1 is 0.495 bits per heavy atom. The molecule has 0 spiro atoms. The highest BCUT2D eigenvalue weighted by Gasteiger charge is 2.45. The second-order valence-electron chi connectivity index (χ2n) is 31.4. The number of likely N-dealkylation sites (N-methyl/N-ethyl adjacent to an activating group) is 7. The molecule has 2 saturated heterocycles. The zero-order valence-corrected chi connectivity index (χ0v) is 66.3. The first kappa shape index (κ1) is 89.3. The van der Waals surface area contributed by atoms with Crippen molar-refractivity contribution in [2.75, 3.05) is 83.1 Å². The van der Waals surface area contributed by atoms with Gasteiger partial charge in [0.1, 0.15) is 66.2 Å². The van der Waals surface area contributed by atoms with Crippen molar-refractivity contribution in [3.05, 3.63) is 29.3 Å². The fourth-order valence-electron chi connectivity index (χ4n) is 13.5. The number of carbonyl (C=O) groups is 13. The fourth-order valence-corrected chi connectivity index (χ4v) is 13.5. The summed E-state index contributed by atoms with van der Waals surface area (Å²) in [4.78, 5) is 204. The topological polar surface area (TPSA) is 337 Å². The van der Waals surface area contributed by atoms with Gasteiger partial charge in [0.15, 0.2) is 0 Å². The number of carbonyl (C=O) groups excluding carboxylic acids is 13. The van der Waals surface area contributed by atoms with E-state index in [-0.39, 0.29) is 91.8 Å². The van der Waals surface area contributed by atoms with Crippen LogP contribution in [-0.4, -0.2) is 271 Å². The molecule has 1 aromatic carbocycles. The average molecular weight is 1450 g/mol. The number of aliphatic hydroxyl groups is 1. The van der Waals surface area contributed by atoms with Crippen molar-refractivity contribution >= 4 is 76.8 Å². The summed E-state index contributed by atoms with van der Waals surface area (Å²) in [5, 5.41) is 25.2. The molecule has 2 heterocycles. The van der Waals surface area contributed by atoms with Crippen molar-refractivity contribution < 1.29 is 72.2 Å². The molecular formula is C75H127N13O15. The summed E-state index contributed by atoms with van der Waals surface area (Å²) in [5.41, 5.74) is 0.506. The Morgan fingerprint density at radius 2 is 0.913 bits per heavy atom. The van der Waals surface area contributed by atoms with Crippen LogP contribution < -0.4 is 31.3 Å². The molecule has 3 rings (SSSR count). The van der Waals surface area contributed by atoms with Crippen LogP contribution in [0, 0.1) is 41.4 Å². The number of likely N-dealkylation sites (tertiary alicyclic amines) is 1. The van der Waals surface area contributed by atoms with Gasteiger partial charge < -0.3 is 75.6 Å². The maximum atomic E-state index is 15.7. The molecule has 2 aliphatic heterocycles. The lowest BCUT2D eigenvalue weighted by atomic mass is 9.95. The van der Waals surface area contributed by atoms with E-state index >= 15 is 28.8 Å². The van der Waals surface area contributed by atoms with Crippen LogP contribution in [0.2, 0.25) is 0 Å². The van der Waals surface area contributed by atoms with Crippen molar-refractivity contribution in [1.82, 2.24) is 65.8 Å². The molecule has 28 heteroatoms. The summed E-state index contributed by atoms with van der Waals surface area (Å²) in [6.45, 7) is 26.8. The summed E-state index contributed by atoms with van der Waals surface area (Å²) in [5.74, 6) is -11.1. The molecule has 103 heavy (non-hydrogen) atoms. The van der Waals surface area contributed by atoms with E-state index in [0.29, 0.717) is 31.5 Å². The van der Waals surface area contributed by atoms with Gasteiger partial charge in [-0.3, -0.25) is 62.3 Å². The van der Waals surface area contributed by atoms with Gasteiger partial charge in [-0.25, -0.2) is 0 Å². The number of nitrogens with one attached hydrogen (secondary N) is 5. The van der Waals surface area contributed by atoms with Crippen LogP contribution in [0.5, 0.6) is 5.75 Å². The maximum Gasteiger partial charge on any atom is 0.254 e. The smallest absolute Gasteiger partial charge is 0.254 e. The lowest BCUT2D eigenvalue weighted by Crippen LogP contribution is -2.62. The minimum Gasteiger partial charge on any atom is -0.496 e. The number of piperidine rings is 1. The van der Waals surface area contributed by atoms with Crippen LogP contribution in [0.4, 0.5) is 0 Å². The molecular weight excluding hydrogens is 1320 g/mol. The van der Waals surface area contributed by atoms with Gasteiger partial charge in [-0.2, -0.15) is 0 Å². The maximum absolute atomic E-state index is 15.7. The fraction of sp³-hybridized carbons (Fsp3) is 0.747. The van der Waals surface area contributed by atoms with Crippen LogP contribution in [0.3, 0.4) is 0 Å². The molecule has 582 valence electrons. The Morgan fingerprint density at radius 3 is 1.36 bits per heavy atom. The quantitative estimate of drug-likeness (QED) is 0.115. The Hall–Kier alpha value is -7.91. The molecule has 0 saturated carbocycles. The van der Waals surface area contributed by atoms with Crippen LogP contribution >= 0.6 is 0 Å². The standard InChI is InChI=1S/C75H127N13O15/c1-42(2)32-52-70(97)85(21)58(36-46(9)10)73(100)84(20)57(35-45(7)8)68(95)78-53(39-50-28-29-60(103-24)51(38-50)65(92)76-16)71(98)86(22)59(37-47(11)12)74(101)87(23)64(48(13)14)69(96)80-63(49(15)89)75(102)81(17)41-62(91)83(19)56(34-44(5)6)67(94)79-54(72(99)88-30-26-25-27-31-88)40-61(90)82(18)55(33-43(3)4)66(93)77-52/h28-29,38,42-49,52-59,63-64,89H,25-27,30-37,39-41H2,1-24H3,(H,76,92)(H,77,93)(H,78,95)(H,79,94)(H,80,96)/t49-,52+,53+,54+,55+,56+,57+,58+,59+,63+,64+/m1/s1. The molecule has 1 aromatic rings. The lowest BCUT2D eigenvalue weighted by Gasteiger charge is -2.39. The number of hydrogen-bond acceptors (Lipinski definition) is 15. The van der Waals surface area contributed by atoms with Crippen molar-refractivity contribution in [2.45, 2.75) is 241 Å². The number of rotatable bonds is 19. The SMILES string of the molecule is CNC(=O)c1cc(C[C@@H]2NC(=O)[C@H](CC(C)C)N(C)C(=O)[C@H](CC(C)C)N(C)C(=O)[C@H](CC(C)C)NC(=O)[C@H](CC(C)C)N(C)C(=O)C[C@@H](C(=O)N3CCCCC3)NC(=O)[C@H](CC(C)C)N(C)C(=O)CN(C)C(=O)[C@H]([C@@H](C)O)NC(=O)[C@H](C(C)C)N(C)C(=O)[C@H](CC(C)C)N(C)C2=O)ccc1OC. The van der Waals surface area contributed by atoms with Crippen LogP contribution in [-0.2, 0) is 64.0 Å². The molecule has 2 aliphatic rings. The lowest BCUT2D eigenvalue weighted by molar-refractivity contribution is -0.152. The van der Waals surface area contributed by atoms with Gasteiger partial charge >= 0.3 is 0 Å². The zero-order chi connectivity index (χ0) is 78.5. The third-order valence-electron chi connectivity index (χ3n) is 19.4. The summed E-state index contributed by atoms with van der Waals surface area (Å²) in [6, 6.07) is -8.94. The van der Waals surface area contributed by atoms with Crippen LogP contribution in [0.15, 0.2) is 18.2 Å². The summed E-state index contributed by atoms with van der Waals surface area (Å²) < 4.78 is 5.52. The summed E-state index contributed by atoms with van der Waals surface area (Å²) in [6.07, 6.45) is 0.205. The van der Waals surface area contributed by atoms with Gasteiger partial charge in [0.25, 0.3) is 5.91 Å². The number of nitrogens with zero attached hydrogens (tertiary/aromatic N) is 8. The molecule has 28 nitrogen and oxygen atoms in total. The van der Waals surface area contributed by atoms with Gasteiger partial charge in [0.2, 0.25) is 70.9 Å². The monoisotopic (exact) mass is 1450 g/mol. The Bertz CT molecular complexity index is 3090. The Labute approximate surface area is 612 Å². The minimum absolute atomic E-state index is 0.0363. The minimum atomic E-state index is -1.69. The number of methoxy groups -OCH3 is 1. The van der Waals surface area contributed by atoms with Crippen molar-refractivity contribution in [1.29, 1.82) is 0 Å². The highest BCUT2D eigenvalue weighted by Crippen LogP contribution is 2.27. The highest BCUT2D eigenvalue weighted by molar-refractivity contribution is 6.01. The molecule has 0 aliphatic carbocycles. The number of aliphatic hydroxyl groups excluding tert-OH is 1. The molecule has 6 N–H and O–H groups in total. The largest absolute Gasteiger partial charge is 0.496 e. The number of hydrogen-bond donors (Lipinski definition) is 6. The first-order valence-corrected chi connectivity index (χ1v) is 36.8. The van der Waals surface area contributed by atoms with Gasteiger partial charge in [-0.15, -0.1) is 0 Å². The molecule has 11 atom stereocenters. The number of benzene rings is 1. The van der Waals surface area contributed by atoms with Crippen LogP contribution in [0.25, 0.3) is 0 Å². The van der Waals surface area contributed by atoms with E-state index in [2.05, 4.69) is 26.6 Å². The van der Waals surface area contributed by atoms with Gasteiger partial charge in [0, 0.05) is 75.9 Å². The van der Waals surface area contributed by atoms with E-state index in [1.165, 1.54) is 96.1 Å². The predicted molar refractivity (Wildman–Crippen MR) is 393 cm³/mol. The van der Waals surface area contributed by atoms with E-state index in [1.54, 1.807) is 30.9 Å². The second kappa shape index (κ2) is 41.0. The predicted octanol–water partition coefficient (Wildman–Crippen LogP) is 3.69. The molecule has 13 amide bonds. The Kier molecular flexibility index (Phi) is 35.5. The second-order valence-corrected chi connectivity index (χ2v) is 31.4. The summed E-state index contributed by atoms with van der Waals surface area (Å²) in [7, 11) is 12.6. The molecule has 0 bridgehead atoms. The third-order valence-corrected chi connectivity index (χ3v) is 19.4. The first-order chi connectivity index (χ1) is 47.9. The molecule has 2 fully saturated rings. The van der Waals surface area contributed by atoms with Crippen molar-refractivity contribution in [3.8, 4) is 5.75 Å². The highest BCUT2D eigenvalue weighted by atomic mass is 16.5. The average Bonchev–Trinajstić information content (AvgIpc) is 0.814. The normalized spacial score (nSPS) is 24.8. The molecule has 0 unspecified atom stereocenters. The van der Waals surface area contributed by atoms with Gasteiger partial charge in [-0.05, 0) is 124 Å². The molecule has 0 aromatic heterocycles. The number of amides is 13. The van der Waals surface area contributed by atoms with Crippen molar-refractivity contribution in [2.24, 2.45) is 41.4 Å². The van der Waals surface area contributed by atoms with Crippen molar-refractivity contribution in [3.63, 3.8) is 0 Å². The van der Waals surface area contributed by atoms with E-state index in [4.69, 9.17) is 4.74 Å². The van der Waals surface area contributed by atoms with E-state index in [0.717, 1.165) is 21.1 Å². The van der Waals surface area contributed by atoms with Gasteiger partial charge in [-0.1, -0.05) is 103 Å². The van der Waals surface area contributed by atoms with Crippen LogP contribution in [0.1, 0.15) is 184 Å².